The Morgan fingerprint density at radius 1 is 0.931 bits per heavy atom. The number of hydrogen-bond acceptors (Lipinski definition) is 6. The molecule has 1 aromatic rings. The van der Waals surface area contributed by atoms with E-state index in [1.165, 1.54) is 24.7 Å². The van der Waals surface area contributed by atoms with Crippen molar-refractivity contribution >= 4 is 22.0 Å². The Bertz CT molecular complexity index is 758. The average Bonchev–Trinajstić information content (AvgIpc) is 2.69. The summed E-state index contributed by atoms with van der Waals surface area (Å²) in [6, 6.07) is 11.3. The highest BCUT2D eigenvalue weighted by atomic mass is 32.2. The Morgan fingerprint density at radius 2 is 1.45 bits per heavy atom. The van der Waals surface area contributed by atoms with Crippen molar-refractivity contribution in [3.63, 3.8) is 0 Å². The molecule has 0 saturated carbocycles. The van der Waals surface area contributed by atoms with Gasteiger partial charge in [-0.05, 0) is 31.5 Å². The molecular formula is C19H29N3O6S. The molecule has 2 aliphatic rings. The van der Waals surface area contributed by atoms with Gasteiger partial charge in [0.05, 0.1) is 6.26 Å². The van der Waals surface area contributed by atoms with Gasteiger partial charge in [0.2, 0.25) is 10.0 Å². The summed E-state index contributed by atoms with van der Waals surface area (Å²) in [7, 11) is -3.02. The van der Waals surface area contributed by atoms with Crippen LogP contribution in [0.1, 0.15) is 18.4 Å². The molecule has 0 amide bonds. The van der Waals surface area contributed by atoms with Gasteiger partial charge in [-0.1, -0.05) is 30.3 Å². The van der Waals surface area contributed by atoms with Gasteiger partial charge in [0, 0.05) is 38.8 Å². The molecule has 0 spiro atoms. The highest BCUT2D eigenvalue weighted by Crippen LogP contribution is 2.20. The number of likely N-dealkylation sites (tertiary alicyclic amines) is 1. The van der Waals surface area contributed by atoms with Gasteiger partial charge in [-0.2, -0.15) is 4.31 Å². The highest BCUT2D eigenvalue weighted by Gasteiger charge is 2.29. The quantitative estimate of drug-likeness (QED) is 0.662. The second-order valence-corrected chi connectivity index (χ2v) is 9.28. The first kappa shape index (κ1) is 23.3. The molecule has 9 nitrogen and oxygen atoms in total. The number of hydrogen-bond donors (Lipinski definition) is 2. The molecule has 10 heteroatoms. The maximum absolute atomic E-state index is 11.6. The van der Waals surface area contributed by atoms with Crippen LogP contribution in [0.4, 0.5) is 0 Å². The van der Waals surface area contributed by atoms with Gasteiger partial charge < -0.3 is 10.2 Å². The topological polar surface area (TPSA) is 118 Å². The lowest BCUT2D eigenvalue weighted by molar-refractivity contribution is -0.159. The lowest BCUT2D eigenvalue weighted by Gasteiger charge is -2.42. The molecule has 0 bridgehead atoms. The maximum Gasteiger partial charge on any atom is 0.414 e. The van der Waals surface area contributed by atoms with E-state index in [2.05, 4.69) is 40.1 Å². The molecule has 0 atom stereocenters. The Labute approximate surface area is 171 Å². The van der Waals surface area contributed by atoms with Gasteiger partial charge in [0.25, 0.3) is 0 Å². The molecular weight excluding hydrogens is 398 g/mol. The predicted molar refractivity (Wildman–Crippen MR) is 108 cm³/mol. The lowest BCUT2D eigenvalue weighted by Crippen LogP contribution is -2.54. The number of piperazine rings is 1. The average molecular weight is 428 g/mol. The Kier molecular flexibility index (Phi) is 8.57. The molecule has 3 rings (SSSR count). The zero-order valence-corrected chi connectivity index (χ0v) is 17.4. The third-order valence-corrected chi connectivity index (χ3v) is 6.55. The summed E-state index contributed by atoms with van der Waals surface area (Å²) in [6.45, 7) is 6.33. The van der Waals surface area contributed by atoms with Gasteiger partial charge in [0.1, 0.15) is 0 Å². The van der Waals surface area contributed by atoms with E-state index in [4.69, 9.17) is 19.8 Å². The summed E-state index contributed by atoms with van der Waals surface area (Å²) >= 11 is 0. The van der Waals surface area contributed by atoms with Crippen molar-refractivity contribution in [2.24, 2.45) is 0 Å². The van der Waals surface area contributed by atoms with Crippen molar-refractivity contribution < 1.29 is 28.2 Å². The summed E-state index contributed by atoms with van der Waals surface area (Å²) in [4.78, 5) is 23.2. The number of sulfonamides is 1. The minimum Gasteiger partial charge on any atom is -0.473 e. The second kappa shape index (κ2) is 10.7. The summed E-state index contributed by atoms with van der Waals surface area (Å²) in [5, 5.41) is 14.8. The van der Waals surface area contributed by atoms with E-state index in [0.29, 0.717) is 19.1 Å². The van der Waals surface area contributed by atoms with Crippen LogP contribution in [0.5, 0.6) is 0 Å². The lowest BCUT2D eigenvalue weighted by atomic mass is 10.0. The standard InChI is InChI=1S/C17H27N3O2S.C2H2O4/c1-23(21,22)20-13-11-19(12-14-20)17-7-9-18(10-8-17)15-16-5-3-2-4-6-16;3-1(4)2(5)6/h2-6,17H,7-15H2,1H3;(H,3,4)(H,5,6). The maximum atomic E-state index is 11.6. The van der Waals surface area contributed by atoms with E-state index in [0.717, 1.165) is 32.7 Å². The fourth-order valence-corrected chi connectivity index (χ4v) is 4.51. The molecule has 1 aromatic carbocycles. The summed E-state index contributed by atoms with van der Waals surface area (Å²) in [6.07, 6.45) is 3.68. The fourth-order valence-electron chi connectivity index (χ4n) is 3.68. The van der Waals surface area contributed by atoms with Gasteiger partial charge in [-0.25, -0.2) is 18.0 Å². The number of nitrogens with zero attached hydrogens (tertiary/aromatic N) is 3. The van der Waals surface area contributed by atoms with Crippen LogP contribution in [0.2, 0.25) is 0 Å². The summed E-state index contributed by atoms with van der Waals surface area (Å²) in [5.41, 5.74) is 1.38. The highest BCUT2D eigenvalue weighted by molar-refractivity contribution is 7.88. The third kappa shape index (κ3) is 7.73. The molecule has 2 saturated heterocycles. The first-order valence-corrected chi connectivity index (χ1v) is 11.4. The van der Waals surface area contributed by atoms with Crippen LogP contribution < -0.4 is 0 Å². The van der Waals surface area contributed by atoms with E-state index >= 15 is 0 Å². The van der Waals surface area contributed by atoms with Gasteiger partial charge in [-0.3, -0.25) is 9.80 Å². The minimum atomic E-state index is -3.02. The number of benzene rings is 1. The minimum absolute atomic E-state index is 0.615. The van der Waals surface area contributed by atoms with E-state index in [9.17, 15) is 8.42 Å². The molecule has 2 aliphatic heterocycles. The molecule has 2 N–H and O–H groups in total. The number of carboxylic acids is 2. The third-order valence-electron chi connectivity index (χ3n) is 5.25. The monoisotopic (exact) mass is 427 g/mol. The molecule has 2 heterocycles. The first-order valence-electron chi connectivity index (χ1n) is 9.58. The normalized spacial score (nSPS) is 19.9. The van der Waals surface area contributed by atoms with E-state index in [-0.39, 0.29) is 0 Å². The van der Waals surface area contributed by atoms with Crippen molar-refractivity contribution in [2.45, 2.75) is 25.4 Å². The van der Waals surface area contributed by atoms with Crippen LogP contribution in [0.25, 0.3) is 0 Å². The Balaban J connectivity index is 0.000000438. The molecule has 0 aromatic heterocycles. The van der Waals surface area contributed by atoms with Crippen LogP contribution in [0, 0.1) is 0 Å². The Morgan fingerprint density at radius 3 is 1.90 bits per heavy atom. The SMILES string of the molecule is CS(=O)(=O)N1CCN(C2CCN(Cc3ccccc3)CC2)CC1.O=C(O)C(=O)O. The van der Waals surface area contributed by atoms with Crippen molar-refractivity contribution in [2.75, 3.05) is 45.5 Å². The van der Waals surface area contributed by atoms with Gasteiger partial charge in [-0.15, -0.1) is 0 Å². The zero-order valence-electron chi connectivity index (χ0n) is 16.6. The van der Waals surface area contributed by atoms with Crippen LogP contribution >= 0.6 is 0 Å². The number of aliphatic carboxylic acids is 2. The number of carbonyl (C=O) groups is 2. The van der Waals surface area contributed by atoms with E-state index in [1.807, 2.05) is 0 Å². The molecule has 0 radical (unpaired) electrons. The molecule has 2 fully saturated rings. The van der Waals surface area contributed by atoms with Crippen molar-refractivity contribution in [1.82, 2.24) is 14.1 Å². The smallest absolute Gasteiger partial charge is 0.414 e. The predicted octanol–water partition coefficient (Wildman–Crippen LogP) is 0.384. The largest absolute Gasteiger partial charge is 0.473 e. The molecule has 29 heavy (non-hydrogen) atoms. The number of carboxylic acid groups (broad SMARTS) is 2. The first-order chi connectivity index (χ1) is 13.7. The second-order valence-electron chi connectivity index (χ2n) is 7.30. The molecule has 162 valence electrons. The van der Waals surface area contributed by atoms with Crippen molar-refractivity contribution in [3.8, 4) is 0 Å². The number of piperidine rings is 1. The number of rotatable bonds is 4. The van der Waals surface area contributed by atoms with Crippen molar-refractivity contribution in [1.29, 1.82) is 0 Å². The van der Waals surface area contributed by atoms with E-state index in [1.54, 1.807) is 4.31 Å². The van der Waals surface area contributed by atoms with Crippen LogP contribution in [-0.4, -0.2) is 96.2 Å². The zero-order chi connectivity index (χ0) is 21.4. The van der Waals surface area contributed by atoms with E-state index < -0.39 is 22.0 Å². The van der Waals surface area contributed by atoms with Gasteiger partial charge in [0.15, 0.2) is 0 Å². The van der Waals surface area contributed by atoms with Crippen molar-refractivity contribution in [3.05, 3.63) is 35.9 Å². The summed E-state index contributed by atoms with van der Waals surface area (Å²) in [5.74, 6) is -3.65. The van der Waals surface area contributed by atoms with Gasteiger partial charge >= 0.3 is 11.9 Å². The van der Waals surface area contributed by atoms with Crippen LogP contribution in [0.15, 0.2) is 30.3 Å². The fraction of sp³-hybridized carbons (Fsp3) is 0.579. The van der Waals surface area contributed by atoms with Crippen LogP contribution in [-0.2, 0) is 26.2 Å². The van der Waals surface area contributed by atoms with Crippen LogP contribution in [0.3, 0.4) is 0 Å². The Hall–Kier alpha value is -2.01. The molecule has 0 unspecified atom stereocenters. The summed E-state index contributed by atoms with van der Waals surface area (Å²) < 4.78 is 24.8. The molecule has 0 aliphatic carbocycles.